The molecule has 0 aromatic rings. The largest absolute Gasteiger partial charge is 0.275 e. The molecular weight excluding hydrogens is 214 g/mol. The van der Waals surface area contributed by atoms with Crippen LogP contribution in [0.25, 0.3) is 0 Å². The number of nitrogens with zero attached hydrogens (tertiary/aromatic N) is 1. The maximum Gasteiger partial charge on any atom is 0.232 e. The minimum absolute atomic E-state index is 0.00440. The monoisotopic (exact) mass is 235 g/mol. The second-order valence-corrected chi connectivity index (χ2v) is 6.24. The van der Waals surface area contributed by atoms with Gasteiger partial charge in [0.25, 0.3) is 0 Å². The Morgan fingerprint density at radius 3 is 2.76 bits per heavy atom. The van der Waals surface area contributed by atoms with E-state index in [4.69, 9.17) is 0 Å². The standard InChI is InChI=1S/C14H21NO2/c1-3-9(2)13(17)15-12(16)8-14(15)7-10-4-5-11(14)6-10/h9-11H,3-8H2,1-2H3. The summed E-state index contributed by atoms with van der Waals surface area (Å²) < 4.78 is 0. The average Bonchev–Trinajstić information content (AvgIpc) is 2.88. The lowest BCUT2D eigenvalue weighted by Gasteiger charge is -2.54. The van der Waals surface area contributed by atoms with Crippen LogP contribution in [0.5, 0.6) is 0 Å². The lowest BCUT2D eigenvalue weighted by Crippen LogP contribution is -2.68. The summed E-state index contributed by atoms with van der Waals surface area (Å²) in [5.41, 5.74) is -0.0412. The molecule has 2 amide bonds. The van der Waals surface area contributed by atoms with Crippen LogP contribution in [0, 0.1) is 17.8 Å². The summed E-state index contributed by atoms with van der Waals surface area (Å²) in [5, 5.41) is 0. The van der Waals surface area contributed by atoms with Crippen LogP contribution in [0.2, 0.25) is 0 Å². The van der Waals surface area contributed by atoms with Gasteiger partial charge in [-0.05, 0) is 43.9 Å². The van der Waals surface area contributed by atoms with Gasteiger partial charge in [0.15, 0.2) is 0 Å². The predicted molar refractivity (Wildman–Crippen MR) is 64.1 cm³/mol. The summed E-state index contributed by atoms with van der Waals surface area (Å²) in [6.07, 6.45) is 6.33. The topological polar surface area (TPSA) is 37.4 Å². The van der Waals surface area contributed by atoms with Crippen molar-refractivity contribution in [2.75, 3.05) is 0 Å². The van der Waals surface area contributed by atoms with Crippen LogP contribution in [0.4, 0.5) is 0 Å². The zero-order valence-corrected chi connectivity index (χ0v) is 10.7. The number of carbonyl (C=O) groups is 2. The lowest BCUT2D eigenvalue weighted by atomic mass is 9.70. The van der Waals surface area contributed by atoms with Crippen LogP contribution >= 0.6 is 0 Å². The molecule has 4 atom stereocenters. The Balaban J connectivity index is 1.84. The molecular formula is C14H21NO2. The maximum absolute atomic E-state index is 12.3. The second kappa shape index (κ2) is 3.56. The van der Waals surface area contributed by atoms with Crippen molar-refractivity contribution in [3.63, 3.8) is 0 Å². The summed E-state index contributed by atoms with van der Waals surface area (Å²) in [6.45, 7) is 3.95. The second-order valence-electron chi connectivity index (χ2n) is 6.24. The molecule has 1 saturated heterocycles. The third-order valence-corrected chi connectivity index (χ3v) is 5.35. The molecule has 3 rings (SSSR count). The molecule has 17 heavy (non-hydrogen) atoms. The third-order valence-electron chi connectivity index (χ3n) is 5.35. The van der Waals surface area contributed by atoms with Gasteiger partial charge in [-0.25, -0.2) is 0 Å². The van der Waals surface area contributed by atoms with Crippen LogP contribution < -0.4 is 0 Å². The first-order valence-corrected chi connectivity index (χ1v) is 6.95. The van der Waals surface area contributed by atoms with E-state index < -0.39 is 0 Å². The maximum atomic E-state index is 12.3. The molecule has 2 bridgehead atoms. The number of hydrogen-bond acceptors (Lipinski definition) is 2. The molecule has 3 nitrogen and oxygen atoms in total. The highest BCUT2D eigenvalue weighted by atomic mass is 16.2. The van der Waals surface area contributed by atoms with Crippen molar-refractivity contribution in [3.8, 4) is 0 Å². The van der Waals surface area contributed by atoms with Gasteiger partial charge >= 0.3 is 0 Å². The Hall–Kier alpha value is -0.860. The first kappa shape index (κ1) is 11.2. The minimum Gasteiger partial charge on any atom is -0.275 e. The highest BCUT2D eigenvalue weighted by Crippen LogP contribution is 2.59. The number of imide groups is 1. The van der Waals surface area contributed by atoms with Gasteiger partial charge in [0.05, 0.1) is 12.0 Å². The van der Waals surface area contributed by atoms with E-state index in [-0.39, 0.29) is 23.3 Å². The average molecular weight is 235 g/mol. The molecule has 1 aliphatic heterocycles. The van der Waals surface area contributed by atoms with Gasteiger partial charge in [0.1, 0.15) is 0 Å². The fourth-order valence-electron chi connectivity index (χ4n) is 4.22. The van der Waals surface area contributed by atoms with Crippen LogP contribution in [-0.2, 0) is 9.59 Å². The molecule has 0 radical (unpaired) electrons. The van der Waals surface area contributed by atoms with E-state index in [9.17, 15) is 9.59 Å². The van der Waals surface area contributed by atoms with Gasteiger partial charge in [0, 0.05) is 5.92 Å². The number of hydrogen-bond donors (Lipinski definition) is 0. The molecule has 94 valence electrons. The molecule has 1 heterocycles. The van der Waals surface area contributed by atoms with E-state index in [1.54, 1.807) is 4.90 Å². The van der Waals surface area contributed by atoms with E-state index in [0.717, 1.165) is 18.8 Å². The zero-order chi connectivity index (χ0) is 12.2. The van der Waals surface area contributed by atoms with E-state index in [2.05, 4.69) is 0 Å². The van der Waals surface area contributed by atoms with E-state index in [1.807, 2.05) is 13.8 Å². The molecule has 2 aliphatic carbocycles. The molecule has 2 saturated carbocycles. The Morgan fingerprint density at radius 2 is 2.29 bits per heavy atom. The van der Waals surface area contributed by atoms with Gasteiger partial charge in [-0.2, -0.15) is 0 Å². The molecule has 0 N–H and O–H groups in total. The normalized spacial score (nSPS) is 40.8. The first-order valence-electron chi connectivity index (χ1n) is 6.95. The van der Waals surface area contributed by atoms with Gasteiger partial charge in [-0.3, -0.25) is 14.5 Å². The van der Waals surface area contributed by atoms with E-state index in [0.29, 0.717) is 12.3 Å². The van der Waals surface area contributed by atoms with Crippen LogP contribution in [0.15, 0.2) is 0 Å². The molecule has 3 heteroatoms. The number of rotatable bonds is 2. The molecule has 3 aliphatic rings. The number of carbonyl (C=O) groups excluding carboxylic acids is 2. The Kier molecular flexibility index (Phi) is 2.36. The van der Waals surface area contributed by atoms with Crippen molar-refractivity contribution in [3.05, 3.63) is 0 Å². The molecule has 0 aromatic heterocycles. The number of fused-ring (bicyclic) bond motifs is 3. The van der Waals surface area contributed by atoms with Gasteiger partial charge in [-0.15, -0.1) is 0 Å². The molecule has 0 aromatic carbocycles. The fraction of sp³-hybridized carbons (Fsp3) is 0.857. The Morgan fingerprint density at radius 1 is 1.53 bits per heavy atom. The minimum atomic E-state index is -0.0412. The van der Waals surface area contributed by atoms with Crippen molar-refractivity contribution < 1.29 is 9.59 Å². The third kappa shape index (κ3) is 1.34. The van der Waals surface area contributed by atoms with Crippen molar-refractivity contribution in [2.24, 2.45) is 17.8 Å². The summed E-state index contributed by atoms with van der Waals surface area (Å²) in [6, 6.07) is 0. The highest BCUT2D eigenvalue weighted by molar-refractivity contribution is 6.02. The van der Waals surface area contributed by atoms with Crippen molar-refractivity contribution >= 4 is 11.8 Å². The van der Waals surface area contributed by atoms with E-state index >= 15 is 0 Å². The quantitative estimate of drug-likeness (QED) is 0.689. The summed E-state index contributed by atoms with van der Waals surface area (Å²) in [5.74, 6) is 1.54. The predicted octanol–water partition coefficient (Wildman–Crippen LogP) is 2.35. The summed E-state index contributed by atoms with van der Waals surface area (Å²) >= 11 is 0. The fourth-order valence-corrected chi connectivity index (χ4v) is 4.22. The van der Waals surface area contributed by atoms with Crippen molar-refractivity contribution in [1.29, 1.82) is 0 Å². The number of β-lactam (4-membered cyclic amide) rings is 1. The van der Waals surface area contributed by atoms with E-state index in [1.165, 1.54) is 19.3 Å². The molecule has 3 fully saturated rings. The first-order chi connectivity index (χ1) is 8.08. The Labute approximate surface area is 103 Å². The zero-order valence-electron chi connectivity index (χ0n) is 10.7. The summed E-state index contributed by atoms with van der Waals surface area (Å²) in [4.78, 5) is 25.8. The number of likely N-dealkylation sites (tertiary alicyclic amines) is 1. The lowest BCUT2D eigenvalue weighted by molar-refractivity contribution is -0.175. The van der Waals surface area contributed by atoms with Gasteiger partial charge in [-0.1, -0.05) is 13.8 Å². The highest BCUT2D eigenvalue weighted by Gasteiger charge is 2.64. The van der Waals surface area contributed by atoms with Crippen LogP contribution in [0.3, 0.4) is 0 Å². The van der Waals surface area contributed by atoms with Crippen LogP contribution in [0.1, 0.15) is 52.4 Å². The summed E-state index contributed by atoms with van der Waals surface area (Å²) in [7, 11) is 0. The SMILES string of the molecule is CCC(C)C(=O)N1C(=O)CC12CC1CCC2C1. The smallest absolute Gasteiger partial charge is 0.232 e. The van der Waals surface area contributed by atoms with Gasteiger partial charge in [0.2, 0.25) is 11.8 Å². The van der Waals surface area contributed by atoms with Gasteiger partial charge < -0.3 is 0 Å². The molecule has 4 unspecified atom stereocenters. The van der Waals surface area contributed by atoms with Crippen molar-refractivity contribution in [2.45, 2.75) is 57.9 Å². The van der Waals surface area contributed by atoms with Crippen molar-refractivity contribution in [1.82, 2.24) is 4.90 Å². The molecule has 1 spiro atoms. The Bertz CT molecular complexity index is 378. The number of amides is 2. The van der Waals surface area contributed by atoms with Crippen LogP contribution in [-0.4, -0.2) is 22.3 Å².